The maximum Gasteiger partial charge on any atom is 0.188 e. The van der Waals surface area contributed by atoms with Crippen LogP contribution in [-0.4, -0.2) is 27.6 Å². The maximum atomic E-state index is 5.54. The smallest absolute Gasteiger partial charge is 0.188 e. The lowest BCUT2D eigenvalue weighted by Crippen LogP contribution is -2.17. The van der Waals surface area contributed by atoms with Gasteiger partial charge in [-0.15, -0.1) is 0 Å². The van der Waals surface area contributed by atoms with Crippen molar-refractivity contribution in [1.29, 1.82) is 0 Å². The van der Waals surface area contributed by atoms with Gasteiger partial charge in [0.2, 0.25) is 0 Å². The quantitative estimate of drug-likeness (QED) is 0.759. The molecular formula is C11H15NO3. The van der Waals surface area contributed by atoms with Crippen LogP contribution in [0.2, 0.25) is 0 Å². The van der Waals surface area contributed by atoms with E-state index in [1.165, 1.54) is 5.56 Å². The highest BCUT2D eigenvalue weighted by Gasteiger charge is 2.22. The molecule has 1 heterocycles. The summed E-state index contributed by atoms with van der Waals surface area (Å²) >= 11 is 0. The lowest BCUT2D eigenvalue weighted by Gasteiger charge is -2.08. The Morgan fingerprint density at radius 3 is 3.13 bits per heavy atom. The van der Waals surface area contributed by atoms with Crippen LogP contribution in [0.25, 0.3) is 0 Å². The Bertz CT molecular complexity index is 341. The van der Waals surface area contributed by atoms with Crippen LogP contribution in [0.3, 0.4) is 0 Å². The lowest BCUT2D eigenvalue weighted by atomic mass is 10.1. The predicted octanol–water partition coefficient (Wildman–Crippen LogP) is 1.32. The molecule has 0 spiro atoms. The zero-order valence-electron chi connectivity index (χ0n) is 8.95. The average molecular weight is 209 g/mol. The first-order valence-corrected chi connectivity index (χ1v) is 4.91. The Morgan fingerprint density at radius 2 is 2.40 bits per heavy atom. The number of benzene rings is 1. The summed E-state index contributed by atoms with van der Waals surface area (Å²) in [5.74, 6) is 1.66. The molecule has 1 aromatic rings. The van der Waals surface area contributed by atoms with E-state index < -0.39 is 0 Å². The molecule has 1 atom stereocenters. The third-order valence-corrected chi connectivity index (χ3v) is 2.46. The Labute approximate surface area is 89.1 Å². The van der Waals surface area contributed by atoms with E-state index in [-0.39, 0.29) is 12.8 Å². The summed E-state index contributed by atoms with van der Waals surface area (Å²) in [5, 5.41) is 3.19. The molecule has 1 aliphatic heterocycles. The molecular weight excluding hydrogens is 194 g/mol. The van der Waals surface area contributed by atoms with Crippen LogP contribution in [0.4, 0.5) is 0 Å². The van der Waals surface area contributed by atoms with E-state index in [2.05, 4.69) is 5.32 Å². The number of ether oxygens (including phenoxy) is 3. The molecule has 0 aromatic heterocycles. The Balaban J connectivity index is 2.14. The standard InChI is InChI=1S/C11H15NO3/c1-12-10-6-14-11-5-8(15-7-13-2)3-4-9(10)11/h3-5,10,12H,6-7H2,1-2H3. The van der Waals surface area contributed by atoms with Crippen molar-refractivity contribution in [2.75, 3.05) is 27.6 Å². The minimum atomic E-state index is 0.258. The van der Waals surface area contributed by atoms with Gasteiger partial charge in [0.25, 0.3) is 0 Å². The second-order valence-electron chi connectivity index (χ2n) is 3.40. The predicted molar refractivity (Wildman–Crippen MR) is 56.2 cm³/mol. The largest absolute Gasteiger partial charge is 0.491 e. The van der Waals surface area contributed by atoms with Crippen molar-refractivity contribution in [2.24, 2.45) is 0 Å². The van der Waals surface area contributed by atoms with E-state index in [1.807, 2.05) is 25.2 Å². The third kappa shape index (κ3) is 2.06. The van der Waals surface area contributed by atoms with Crippen LogP contribution in [-0.2, 0) is 4.74 Å². The molecule has 0 saturated heterocycles. The van der Waals surface area contributed by atoms with Gasteiger partial charge in [0.1, 0.15) is 18.1 Å². The fraction of sp³-hybridized carbons (Fsp3) is 0.455. The molecule has 1 unspecified atom stereocenters. The van der Waals surface area contributed by atoms with Gasteiger partial charge in [-0.25, -0.2) is 0 Å². The van der Waals surface area contributed by atoms with Gasteiger partial charge in [-0.1, -0.05) is 0 Å². The first-order chi connectivity index (χ1) is 7.35. The Kier molecular flexibility index (Phi) is 3.08. The van der Waals surface area contributed by atoms with Crippen LogP contribution in [0.5, 0.6) is 11.5 Å². The SMILES string of the molecule is CNC1COc2cc(OCOC)ccc21. The lowest BCUT2D eigenvalue weighted by molar-refractivity contribution is 0.0510. The molecule has 15 heavy (non-hydrogen) atoms. The van der Waals surface area contributed by atoms with E-state index in [1.54, 1.807) is 7.11 Å². The number of likely N-dealkylation sites (N-methyl/N-ethyl adjacent to an activating group) is 1. The molecule has 4 nitrogen and oxygen atoms in total. The number of rotatable bonds is 4. The molecule has 82 valence electrons. The number of methoxy groups -OCH3 is 1. The molecule has 2 rings (SSSR count). The fourth-order valence-corrected chi connectivity index (χ4v) is 1.65. The monoisotopic (exact) mass is 209 g/mol. The van der Waals surface area contributed by atoms with Gasteiger partial charge < -0.3 is 19.5 Å². The van der Waals surface area contributed by atoms with Crippen molar-refractivity contribution < 1.29 is 14.2 Å². The van der Waals surface area contributed by atoms with Gasteiger partial charge >= 0.3 is 0 Å². The highest BCUT2D eigenvalue weighted by molar-refractivity contribution is 5.44. The first kappa shape index (κ1) is 10.3. The van der Waals surface area contributed by atoms with E-state index in [4.69, 9.17) is 14.2 Å². The number of fused-ring (bicyclic) bond motifs is 1. The molecule has 0 fully saturated rings. The summed E-state index contributed by atoms with van der Waals surface area (Å²) in [5.41, 5.74) is 1.18. The van der Waals surface area contributed by atoms with Gasteiger partial charge in [-0.05, 0) is 19.2 Å². The second-order valence-corrected chi connectivity index (χ2v) is 3.40. The fourth-order valence-electron chi connectivity index (χ4n) is 1.65. The molecule has 0 amide bonds. The van der Waals surface area contributed by atoms with Crippen LogP contribution < -0.4 is 14.8 Å². The van der Waals surface area contributed by atoms with Crippen molar-refractivity contribution in [3.8, 4) is 11.5 Å². The zero-order chi connectivity index (χ0) is 10.7. The molecule has 0 saturated carbocycles. The second kappa shape index (κ2) is 4.51. The first-order valence-electron chi connectivity index (χ1n) is 4.91. The topological polar surface area (TPSA) is 39.7 Å². The van der Waals surface area contributed by atoms with Gasteiger partial charge in [-0.2, -0.15) is 0 Å². The number of hydrogen-bond acceptors (Lipinski definition) is 4. The molecule has 0 bridgehead atoms. The Hall–Kier alpha value is -1.26. The van der Waals surface area contributed by atoms with E-state index >= 15 is 0 Å². The van der Waals surface area contributed by atoms with Crippen LogP contribution in [0, 0.1) is 0 Å². The van der Waals surface area contributed by atoms with Crippen molar-refractivity contribution in [1.82, 2.24) is 5.32 Å². The highest BCUT2D eigenvalue weighted by Crippen LogP contribution is 2.34. The van der Waals surface area contributed by atoms with Gasteiger partial charge in [0, 0.05) is 18.7 Å². The summed E-state index contributed by atoms with van der Waals surface area (Å²) in [4.78, 5) is 0. The normalized spacial score (nSPS) is 18.4. The molecule has 1 aliphatic rings. The summed E-state index contributed by atoms with van der Waals surface area (Å²) in [6.07, 6.45) is 0. The molecule has 1 N–H and O–H groups in total. The van der Waals surface area contributed by atoms with Gasteiger partial charge in [-0.3, -0.25) is 0 Å². The molecule has 1 aromatic carbocycles. The molecule has 4 heteroatoms. The van der Waals surface area contributed by atoms with Crippen molar-refractivity contribution in [3.63, 3.8) is 0 Å². The van der Waals surface area contributed by atoms with E-state index in [9.17, 15) is 0 Å². The van der Waals surface area contributed by atoms with Crippen LogP contribution in [0.1, 0.15) is 11.6 Å². The number of nitrogens with one attached hydrogen (secondary N) is 1. The summed E-state index contributed by atoms with van der Waals surface area (Å²) in [6, 6.07) is 6.13. The minimum absolute atomic E-state index is 0.258. The summed E-state index contributed by atoms with van der Waals surface area (Å²) in [6.45, 7) is 0.938. The molecule has 0 aliphatic carbocycles. The van der Waals surface area contributed by atoms with Crippen LogP contribution in [0.15, 0.2) is 18.2 Å². The Morgan fingerprint density at radius 1 is 1.53 bits per heavy atom. The van der Waals surface area contributed by atoms with Crippen LogP contribution >= 0.6 is 0 Å². The summed E-state index contributed by atoms with van der Waals surface area (Å²) in [7, 11) is 3.53. The number of hydrogen-bond donors (Lipinski definition) is 1. The molecule has 0 radical (unpaired) electrons. The highest BCUT2D eigenvalue weighted by atomic mass is 16.7. The average Bonchev–Trinajstić information content (AvgIpc) is 2.68. The van der Waals surface area contributed by atoms with Crippen molar-refractivity contribution in [2.45, 2.75) is 6.04 Å². The van der Waals surface area contributed by atoms with E-state index in [0.29, 0.717) is 6.61 Å². The van der Waals surface area contributed by atoms with Crippen molar-refractivity contribution >= 4 is 0 Å². The summed E-state index contributed by atoms with van der Waals surface area (Å²) < 4.78 is 15.7. The van der Waals surface area contributed by atoms with Gasteiger partial charge in [0.05, 0.1) is 6.04 Å². The maximum absolute atomic E-state index is 5.54. The van der Waals surface area contributed by atoms with Gasteiger partial charge in [0.15, 0.2) is 6.79 Å². The van der Waals surface area contributed by atoms with Crippen molar-refractivity contribution in [3.05, 3.63) is 23.8 Å². The zero-order valence-corrected chi connectivity index (χ0v) is 8.95. The van der Waals surface area contributed by atoms with E-state index in [0.717, 1.165) is 11.5 Å². The minimum Gasteiger partial charge on any atom is -0.491 e. The third-order valence-electron chi connectivity index (χ3n) is 2.46.